The van der Waals surface area contributed by atoms with E-state index in [1.54, 1.807) is 0 Å². The molecule has 0 aromatic carbocycles. The molecule has 5 nitrogen and oxygen atoms in total. The molecule has 0 aromatic rings. The fourth-order valence-electron chi connectivity index (χ4n) is 2.67. The van der Waals surface area contributed by atoms with Crippen molar-refractivity contribution in [3.63, 3.8) is 0 Å². The molecule has 1 rings (SSSR count). The summed E-state index contributed by atoms with van der Waals surface area (Å²) in [7, 11) is 0. The maximum atomic E-state index is 12.4. The summed E-state index contributed by atoms with van der Waals surface area (Å²) in [5.41, 5.74) is 1.97. The number of hydrogen-bond donors (Lipinski definition) is 2. The van der Waals surface area contributed by atoms with E-state index in [0.29, 0.717) is 12.5 Å². The van der Waals surface area contributed by atoms with Crippen LogP contribution < -0.4 is 10.8 Å². The zero-order chi connectivity index (χ0) is 16.8. The molecule has 1 aliphatic rings. The van der Waals surface area contributed by atoms with Crippen LogP contribution in [0.25, 0.3) is 0 Å². The molecule has 0 aromatic heterocycles. The van der Waals surface area contributed by atoms with Crippen LogP contribution in [-0.4, -0.2) is 24.0 Å². The lowest BCUT2D eigenvalue weighted by Gasteiger charge is -2.28. The summed E-state index contributed by atoms with van der Waals surface area (Å²) >= 11 is 0. The highest BCUT2D eigenvalue weighted by Gasteiger charge is 2.29. The van der Waals surface area contributed by atoms with Crippen LogP contribution in [0.5, 0.6) is 0 Å². The van der Waals surface area contributed by atoms with Crippen molar-refractivity contribution >= 4 is 11.8 Å². The van der Waals surface area contributed by atoms with Crippen molar-refractivity contribution in [1.82, 2.24) is 10.8 Å². The molecule has 0 aliphatic heterocycles. The molecule has 0 heterocycles. The highest BCUT2D eigenvalue weighted by molar-refractivity contribution is 5.81. The summed E-state index contributed by atoms with van der Waals surface area (Å²) in [4.78, 5) is 29.7. The van der Waals surface area contributed by atoms with Gasteiger partial charge in [-0.25, -0.2) is 5.48 Å². The van der Waals surface area contributed by atoms with Crippen LogP contribution in [0, 0.1) is 11.3 Å². The third-order valence-electron chi connectivity index (χ3n) is 4.31. The van der Waals surface area contributed by atoms with Gasteiger partial charge in [0.1, 0.15) is 0 Å². The minimum Gasteiger partial charge on any atom is -0.353 e. The molecule has 2 atom stereocenters. The Hall–Kier alpha value is -1.10. The lowest BCUT2D eigenvalue weighted by atomic mass is 9.93. The Kier molecular flexibility index (Phi) is 7.33. The molecular weight excluding hydrogens is 280 g/mol. The average Bonchev–Trinajstić information content (AvgIpc) is 2.45. The first-order valence-corrected chi connectivity index (χ1v) is 8.52. The second-order valence-corrected chi connectivity index (χ2v) is 7.36. The molecule has 22 heavy (non-hydrogen) atoms. The summed E-state index contributed by atoms with van der Waals surface area (Å²) in [5, 5.41) is 3.14. The fraction of sp³-hybridized carbons (Fsp3) is 0.882. The molecule has 0 radical (unpaired) electrons. The zero-order valence-corrected chi connectivity index (χ0v) is 14.7. The van der Waals surface area contributed by atoms with Crippen molar-refractivity contribution in [3.8, 4) is 0 Å². The van der Waals surface area contributed by atoms with Gasteiger partial charge in [0.15, 0.2) is 0 Å². The van der Waals surface area contributed by atoms with E-state index in [-0.39, 0.29) is 23.8 Å². The van der Waals surface area contributed by atoms with Gasteiger partial charge >= 0.3 is 0 Å². The number of hydrogen-bond acceptors (Lipinski definition) is 3. The summed E-state index contributed by atoms with van der Waals surface area (Å²) in [6.07, 6.45) is 6.12. The van der Waals surface area contributed by atoms with E-state index in [1.807, 2.05) is 34.6 Å². The Morgan fingerprint density at radius 1 is 1.18 bits per heavy atom. The van der Waals surface area contributed by atoms with Gasteiger partial charge in [0.05, 0.1) is 12.0 Å². The van der Waals surface area contributed by atoms with Crippen molar-refractivity contribution in [3.05, 3.63) is 0 Å². The summed E-state index contributed by atoms with van der Waals surface area (Å²) in [6, 6.07) is 0.298. The molecule has 2 N–H and O–H groups in total. The Morgan fingerprint density at radius 3 is 2.27 bits per heavy atom. The van der Waals surface area contributed by atoms with Crippen molar-refractivity contribution in [1.29, 1.82) is 0 Å². The number of hydroxylamine groups is 1. The molecular formula is C17H32N2O3. The first kappa shape index (κ1) is 18.9. The molecule has 1 saturated carbocycles. The first-order valence-electron chi connectivity index (χ1n) is 8.52. The predicted molar refractivity (Wildman–Crippen MR) is 86.9 cm³/mol. The van der Waals surface area contributed by atoms with E-state index in [9.17, 15) is 9.59 Å². The maximum absolute atomic E-state index is 12.4. The molecule has 1 fully saturated rings. The van der Waals surface area contributed by atoms with E-state index in [2.05, 4.69) is 10.8 Å². The van der Waals surface area contributed by atoms with Crippen LogP contribution in [0.2, 0.25) is 0 Å². The van der Waals surface area contributed by atoms with Gasteiger partial charge in [0.2, 0.25) is 11.8 Å². The highest BCUT2D eigenvalue weighted by atomic mass is 16.7. The molecule has 0 saturated heterocycles. The van der Waals surface area contributed by atoms with Crippen LogP contribution in [0.15, 0.2) is 0 Å². The lowest BCUT2D eigenvalue weighted by molar-refractivity contribution is -0.152. The third kappa shape index (κ3) is 5.95. The van der Waals surface area contributed by atoms with Crippen LogP contribution in [0.3, 0.4) is 0 Å². The number of amides is 2. The number of carbonyl (C=O) groups is 2. The minimum absolute atomic E-state index is 0.0342. The summed E-state index contributed by atoms with van der Waals surface area (Å²) in [5.74, 6) is -0.393. The Bertz CT molecular complexity index is 371. The standard InChI is InChI=1S/C17H32N2O3/c1-6-14(12(2)22-19-16(21)17(3,4)5)15(20)18-13-10-8-7-9-11-13/h12-14H,6-11H2,1-5H3,(H,18,20)(H,19,21)/t12-,14+/m1/s1. The second kappa shape index (κ2) is 8.51. The number of carbonyl (C=O) groups excluding carboxylic acids is 2. The fourth-order valence-corrected chi connectivity index (χ4v) is 2.67. The molecule has 0 spiro atoms. The van der Waals surface area contributed by atoms with Crippen LogP contribution in [-0.2, 0) is 14.4 Å². The minimum atomic E-state index is -0.508. The topological polar surface area (TPSA) is 67.4 Å². The van der Waals surface area contributed by atoms with Gasteiger partial charge in [-0.2, -0.15) is 0 Å². The van der Waals surface area contributed by atoms with Crippen molar-refractivity contribution in [2.45, 2.75) is 85.3 Å². The Balaban J connectivity index is 2.47. The van der Waals surface area contributed by atoms with E-state index < -0.39 is 5.41 Å². The second-order valence-electron chi connectivity index (χ2n) is 7.36. The quantitative estimate of drug-likeness (QED) is 0.741. The van der Waals surface area contributed by atoms with Gasteiger partial charge in [-0.3, -0.25) is 14.4 Å². The van der Waals surface area contributed by atoms with Crippen molar-refractivity contribution < 1.29 is 14.4 Å². The van der Waals surface area contributed by atoms with Crippen molar-refractivity contribution in [2.24, 2.45) is 11.3 Å². The van der Waals surface area contributed by atoms with Gasteiger partial charge in [0, 0.05) is 11.5 Å². The largest absolute Gasteiger partial charge is 0.353 e. The first-order chi connectivity index (χ1) is 10.3. The van der Waals surface area contributed by atoms with Crippen LogP contribution >= 0.6 is 0 Å². The van der Waals surface area contributed by atoms with E-state index in [1.165, 1.54) is 19.3 Å². The Morgan fingerprint density at radius 2 is 1.77 bits per heavy atom. The monoisotopic (exact) mass is 312 g/mol. The number of nitrogens with one attached hydrogen (secondary N) is 2. The third-order valence-corrected chi connectivity index (χ3v) is 4.31. The summed E-state index contributed by atoms with van der Waals surface area (Å²) < 4.78 is 0. The maximum Gasteiger partial charge on any atom is 0.248 e. The normalized spacial score (nSPS) is 19.3. The highest BCUT2D eigenvalue weighted by Crippen LogP contribution is 2.19. The van der Waals surface area contributed by atoms with E-state index in [0.717, 1.165) is 12.8 Å². The molecule has 2 amide bonds. The lowest BCUT2D eigenvalue weighted by Crippen LogP contribution is -2.45. The molecule has 128 valence electrons. The molecule has 5 heteroatoms. The van der Waals surface area contributed by atoms with E-state index >= 15 is 0 Å². The van der Waals surface area contributed by atoms with Crippen LogP contribution in [0.4, 0.5) is 0 Å². The van der Waals surface area contributed by atoms with E-state index in [4.69, 9.17) is 4.84 Å². The van der Waals surface area contributed by atoms with Gasteiger partial charge in [-0.1, -0.05) is 47.0 Å². The molecule has 0 bridgehead atoms. The number of rotatable bonds is 6. The van der Waals surface area contributed by atoms with Gasteiger partial charge in [-0.05, 0) is 26.2 Å². The van der Waals surface area contributed by atoms with Gasteiger partial charge < -0.3 is 5.32 Å². The molecule has 1 aliphatic carbocycles. The Labute approximate surface area is 134 Å². The van der Waals surface area contributed by atoms with Crippen LogP contribution in [0.1, 0.15) is 73.1 Å². The van der Waals surface area contributed by atoms with Gasteiger partial charge in [-0.15, -0.1) is 0 Å². The predicted octanol–water partition coefficient (Wildman–Crippen LogP) is 2.94. The SMILES string of the molecule is CC[C@H](C(=O)NC1CCCCC1)[C@@H](C)ONC(=O)C(C)(C)C. The van der Waals surface area contributed by atoms with Crippen molar-refractivity contribution in [2.75, 3.05) is 0 Å². The van der Waals surface area contributed by atoms with Gasteiger partial charge in [0.25, 0.3) is 0 Å². The smallest absolute Gasteiger partial charge is 0.248 e. The molecule has 0 unspecified atom stereocenters. The zero-order valence-electron chi connectivity index (χ0n) is 14.7. The average molecular weight is 312 g/mol. The summed E-state index contributed by atoms with van der Waals surface area (Å²) in [6.45, 7) is 9.27.